The van der Waals surface area contributed by atoms with Gasteiger partial charge in [0, 0.05) is 21.6 Å². The Morgan fingerprint density at radius 2 is 1.49 bits per heavy atom. The molecular weight excluding hydrogens is 542 g/mol. The maximum Gasteiger partial charge on any atom is 0.0617 e. The van der Waals surface area contributed by atoms with Crippen LogP contribution in [0.3, 0.4) is 0 Å². The van der Waals surface area contributed by atoms with Crippen molar-refractivity contribution in [3.05, 3.63) is 123 Å². The molecule has 0 saturated heterocycles. The van der Waals surface area contributed by atoms with Crippen LogP contribution < -0.4 is 5.22 Å². The summed E-state index contributed by atoms with van der Waals surface area (Å²) in [6.45, 7) is 24.4. The Balaban J connectivity index is 1.68. The maximum atomic E-state index is 4.29. The fourth-order valence-electron chi connectivity index (χ4n) is 7.31. The standard InChI is InChI=1S/C44H47N/c1-11-32-14-17-35-25-42-40(23-36(35)22-32)37(12-2)44-38(18-15-33-19-30(9)43(27(5)6)31(10)20-33)39-21-29(8)34(24-41(39)45(42)44)16-13-28(7)26(3)4/h12-27H,7,11H2,1-6,8-10H3/b16-13-,18-15+,37-12-. The number of hydrogen-bond donors (Lipinski definition) is 0. The first-order valence-electron chi connectivity index (χ1n) is 16.6. The molecule has 6 rings (SSSR count). The summed E-state index contributed by atoms with van der Waals surface area (Å²) in [4.78, 5) is 0. The Morgan fingerprint density at radius 3 is 2.13 bits per heavy atom. The first-order valence-corrected chi connectivity index (χ1v) is 16.6. The highest BCUT2D eigenvalue weighted by molar-refractivity contribution is 6.10. The predicted molar refractivity (Wildman–Crippen MR) is 201 cm³/mol. The lowest BCUT2D eigenvalue weighted by Crippen LogP contribution is -1.98. The van der Waals surface area contributed by atoms with Crippen molar-refractivity contribution < 1.29 is 0 Å². The molecule has 0 atom stereocenters. The zero-order valence-electron chi connectivity index (χ0n) is 28.6. The van der Waals surface area contributed by atoms with Gasteiger partial charge in [0.15, 0.2) is 0 Å². The Morgan fingerprint density at radius 1 is 0.778 bits per heavy atom. The molecule has 1 heteroatoms. The average Bonchev–Trinajstić information content (AvgIpc) is 3.47. The van der Waals surface area contributed by atoms with Crippen molar-refractivity contribution in [2.45, 2.75) is 74.7 Å². The van der Waals surface area contributed by atoms with Gasteiger partial charge in [0.05, 0.1) is 16.6 Å². The lowest BCUT2D eigenvalue weighted by molar-refractivity contribution is 0.796. The topological polar surface area (TPSA) is 4.41 Å². The van der Waals surface area contributed by atoms with Gasteiger partial charge in [-0.15, -0.1) is 0 Å². The monoisotopic (exact) mass is 589 g/mol. The van der Waals surface area contributed by atoms with Gasteiger partial charge >= 0.3 is 0 Å². The molecule has 0 bridgehead atoms. The number of rotatable bonds is 7. The summed E-state index contributed by atoms with van der Waals surface area (Å²) in [7, 11) is 0. The summed E-state index contributed by atoms with van der Waals surface area (Å²) in [5.74, 6) is 0.942. The van der Waals surface area contributed by atoms with Gasteiger partial charge in [-0.2, -0.15) is 0 Å². The molecule has 0 fully saturated rings. The summed E-state index contributed by atoms with van der Waals surface area (Å²) < 4.78 is 2.51. The first-order chi connectivity index (χ1) is 21.5. The highest BCUT2D eigenvalue weighted by Gasteiger charge is 2.19. The van der Waals surface area contributed by atoms with Gasteiger partial charge in [-0.05, 0) is 120 Å². The van der Waals surface area contributed by atoms with E-state index in [-0.39, 0.29) is 0 Å². The van der Waals surface area contributed by atoms with Crippen LogP contribution in [0.5, 0.6) is 0 Å². The molecular formula is C44H47N. The smallest absolute Gasteiger partial charge is 0.0617 e. The van der Waals surface area contributed by atoms with Crippen molar-refractivity contribution in [3.8, 4) is 0 Å². The van der Waals surface area contributed by atoms with E-state index in [1.807, 2.05) is 0 Å². The summed E-state index contributed by atoms with van der Waals surface area (Å²) in [5, 5.41) is 6.49. The second-order valence-electron chi connectivity index (χ2n) is 13.5. The molecule has 4 aromatic carbocycles. The van der Waals surface area contributed by atoms with Crippen molar-refractivity contribution in [2.24, 2.45) is 5.92 Å². The normalized spacial score (nSPS) is 13.1. The zero-order valence-corrected chi connectivity index (χ0v) is 28.6. The van der Waals surface area contributed by atoms with Crippen LogP contribution in [-0.4, -0.2) is 4.40 Å². The predicted octanol–water partition coefficient (Wildman–Crippen LogP) is 11.9. The van der Waals surface area contributed by atoms with Gasteiger partial charge < -0.3 is 4.40 Å². The minimum atomic E-state index is 0.423. The summed E-state index contributed by atoms with van der Waals surface area (Å²) in [6, 6.07) is 21.2. The lowest BCUT2D eigenvalue weighted by Gasteiger charge is -2.14. The number of aromatic nitrogens is 1. The van der Waals surface area contributed by atoms with Crippen LogP contribution in [0.4, 0.5) is 0 Å². The minimum absolute atomic E-state index is 0.423. The second kappa shape index (κ2) is 11.9. The summed E-state index contributed by atoms with van der Waals surface area (Å²) >= 11 is 0. The molecule has 2 heterocycles. The molecule has 0 amide bonds. The molecule has 228 valence electrons. The average molecular weight is 590 g/mol. The maximum absolute atomic E-state index is 4.29. The lowest BCUT2D eigenvalue weighted by atomic mass is 9.91. The fraction of sp³-hybridized carbons (Fsp3) is 0.273. The number of benzene rings is 4. The fourth-order valence-corrected chi connectivity index (χ4v) is 7.31. The molecule has 2 aromatic heterocycles. The van der Waals surface area contributed by atoms with Crippen LogP contribution in [-0.2, 0) is 6.42 Å². The van der Waals surface area contributed by atoms with Crippen molar-refractivity contribution in [1.29, 1.82) is 0 Å². The van der Waals surface area contributed by atoms with Gasteiger partial charge in [-0.25, -0.2) is 0 Å². The van der Waals surface area contributed by atoms with Crippen molar-refractivity contribution >= 4 is 62.4 Å². The van der Waals surface area contributed by atoms with Gasteiger partial charge in [0.1, 0.15) is 0 Å². The van der Waals surface area contributed by atoms with Gasteiger partial charge in [0.2, 0.25) is 0 Å². The van der Waals surface area contributed by atoms with Crippen molar-refractivity contribution in [3.63, 3.8) is 0 Å². The van der Waals surface area contributed by atoms with Crippen molar-refractivity contribution in [1.82, 2.24) is 4.40 Å². The molecule has 0 aliphatic carbocycles. The van der Waals surface area contributed by atoms with Crippen LogP contribution in [0.25, 0.3) is 62.4 Å². The third-order valence-corrected chi connectivity index (χ3v) is 9.75. The molecule has 0 saturated carbocycles. The zero-order chi connectivity index (χ0) is 32.2. The molecule has 0 N–H and O–H groups in total. The highest BCUT2D eigenvalue weighted by atomic mass is 14.9. The van der Waals surface area contributed by atoms with Crippen LogP contribution in [0.1, 0.15) is 92.0 Å². The quantitative estimate of drug-likeness (QED) is 0.163. The SMILES string of the molecule is C=C(/C=C\c1cc2c(cc1C)c(/C=C/c1cc(C)c(C(C)C)c(C)c1)c1/c(=C\C)c3cc4cc(CC)ccc4cc3n12)C(C)C. The number of nitrogens with zero attached hydrogens (tertiary/aromatic N) is 1. The Labute approximate surface area is 269 Å². The van der Waals surface area contributed by atoms with Crippen molar-refractivity contribution in [2.75, 3.05) is 0 Å². The van der Waals surface area contributed by atoms with E-state index in [0.29, 0.717) is 11.8 Å². The number of aryl methyl sites for hydroxylation is 4. The van der Waals surface area contributed by atoms with E-state index in [9.17, 15) is 0 Å². The molecule has 0 aliphatic rings. The number of hydrogen-bond acceptors (Lipinski definition) is 0. The highest BCUT2D eigenvalue weighted by Crippen LogP contribution is 2.36. The Hall–Kier alpha value is -4.36. The molecule has 45 heavy (non-hydrogen) atoms. The van der Waals surface area contributed by atoms with Gasteiger partial charge in [-0.1, -0.05) is 107 Å². The second-order valence-corrected chi connectivity index (χ2v) is 13.5. The van der Waals surface area contributed by atoms with E-state index < -0.39 is 0 Å². The van der Waals surface area contributed by atoms with E-state index >= 15 is 0 Å². The van der Waals surface area contributed by atoms with E-state index in [4.69, 9.17) is 0 Å². The minimum Gasteiger partial charge on any atom is -0.308 e. The van der Waals surface area contributed by atoms with Crippen LogP contribution in [0.2, 0.25) is 0 Å². The summed E-state index contributed by atoms with van der Waals surface area (Å²) in [5.41, 5.74) is 15.5. The third kappa shape index (κ3) is 5.33. The molecule has 0 unspecified atom stereocenters. The first kappa shape index (κ1) is 30.7. The Bertz CT molecular complexity index is 2220. The van der Waals surface area contributed by atoms with Gasteiger partial charge in [-0.3, -0.25) is 0 Å². The molecule has 0 aliphatic heterocycles. The number of fused-ring (bicyclic) bond motifs is 6. The molecule has 1 nitrogen and oxygen atoms in total. The summed E-state index contributed by atoms with van der Waals surface area (Å²) in [6.07, 6.45) is 12.4. The molecule has 6 aromatic rings. The largest absolute Gasteiger partial charge is 0.308 e. The van der Waals surface area contributed by atoms with Crippen LogP contribution >= 0.6 is 0 Å². The van der Waals surface area contributed by atoms with E-state index in [0.717, 1.165) is 12.0 Å². The molecule has 0 radical (unpaired) electrons. The Kier molecular flexibility index (Phi) is 8.08. The van der Waals surface area contributed by atoms with Crippen LogP contribution in [0.15, 0.2) is 72.8 Å². The van der Waals surface area contributed by atoms with Crippen LogP contribution in [0, 0.1) is 26.7 Å². The van der Waals surface area contributed by atoms with E-state index in [2.05, 4.69) is 158 Å². The van der Waals surface area contributed by atoms with E-state index in [1.54, 1.807) is 0 Å². The van der Waals surface area contributed by atoms with E-state index in [1.165, 1.54) is 87.8 Å². The molecule has 0 spiro atoms. The third-order valence-electron chi connectivity index (χ3n) is 9.75. The number of allylic oxidation sites excluding steroid dienone is 2. The van der Waals surface area contributed by atoms with Gasteiger partial charge in [0.25, 0.3) is 0 Å².